The van der Waals surface area contributed by atoms with Crippen LogP contribution in [-0.4, -0.2) is 39.9 Å². The molecule has 0 saturated heterocycles. The topological polar surface area (TPSA) is 80.0 Å². The van der Waals surface area contributed by atoms with Gasteiger partial charge in [-0.2, -0.15) is 0 Å². The zero-order chi connectivity index (χ0) is 14.3. The lowest BCUT2D eigenvalue weighted by molar-refractivity contribution is 0.0521. The van der Waals surface area contributed by atoms with Crippen LogP contribution in [-0.2, 0) is 4.74 Å². The van der Waals surface area contributed by atoms with Gasteiger partial charge in [0.15, 0.2) is 11.5 Å². The predicted octanol–water partition coefficient (Wildman–Crippen LogP) is 1.64. The van der Waals surface area contributed by atoms with Crippen LogP contribution in [0.2, 0.25) is 0 Å². The molecule has 0 saturated carbocycles. The fourth-order valence-electron chi connectivity index (χ4n) is 1.52. The van der Waals surface area contributed by atoms with E-state index in [9.17, 15) is 4.79 Å². The maximum Gasteiger partial charge on any atom is 0.342 e. The second kappa shape index (κ2) is 9.28. The van der Waals surface area contributed by atoms with Gasteiger partial charge in [0, 0.05) is 18.7 Å². The molecule has 0 aliphatic heterocycles. The van der Waals surface area contributed by atoms with Crippen LogP contribution in [0.3, 0.4) is 0 Å². The lowest BCUT2D eigenvalue weighted by Crippen LogP contribution is -2.14. The molecule has 0 fully saturated rings. The minimum absolute atomic E-state index is 0. The van der Waals surface area contributed by atoms with E-state index in [1.807, 2.05) is 0 Å². The third-order valence-electron chi connectivity index (χ3n) is 2.36. The van der Waals surface area contributed by atoms with Crippen molar-refractivity contribution in [1.82, 2.24) is 0 Å². The highest BCUT2D eigenvalue weighted by Crippen LogP contribution is 2.35. The van der Waals surface area contributed by atoms with Crippen LogP contribution in [0.15, 0.2) is 12.1 Å². The number of carbonyl (C=O) groups is 1. The summed E-state index contributed by atoms with van der Waals surface area (Å²) in [5.74, 6) is 0.797. The number of ether oxygens (including phenoxy) is 4. The van der Waals surface area contributed by atoms with E-state index >= 15 is 0 Å². The van der Waals surface area contributed by atoms with Crippen molar-refractivity contribution >= 4 is 18.4 Å². The highest BCUT2D eigenvalue weighted by Gasteiger charge is 2.19. The summed E-state index contributed by atoms with van der Waals surface area (Å²) in [6.45, 7) is 2.65. The molecule has 0 aliphatic carbocycles. The van der Waals surface area contributed by atoms with Crippen LogP contribution >= 0.6 is 12.4 Å². The molecule has 0 heterocycles. The molecule has 6 nitrogen and oxygen atoms in total. The summed E-state index contributed by atoms with van der Waals surface area (Å²) >= 11 is 0. The van der Waals surface area contributed by atoms with Crippen molar-refractivity contribution in [1.29, 1.82) is 0 Å². The van der Waals surface area contributed by atoms with Crippen LogP contribution in [0.4, 0.5) is 0 Å². The Balaban J connectivity index is 0.00000361. The van der Waals surface area contributed by atoms with Crippen molar-refractivity contribution in [2.24, 2.45) is 5.73 Å². The van der Waals surface area contributed by atoms with E-state index in [1.54, 1.807) is 13.0 Å². The number of hydrogen-bond acceptors (Lipinski definition) is 6. The smallest absolute Gasteiger partial charge is 0.342 e. The normalized spacial score (nSPS) is 9.40. The molecule has 1 rings (SSSR count). The SMILES string of the molecule is CCOC(=O)c1cc(OC)c(OC)cc1OCCN.Cl. The maximum absolute atomic E-state index is 11.9. The van der Waals surface area contributed by atoms with E-state index in [0.717, 1.165) is 0 Å². The van der Waals surface area contributed by atoms with Gasteiger partial charge in [-0.05, 0) is 6.92 Å². The predicted molar refractivity (Wildman–Crippen MR) is 77.3 cm³/mol. The Hall–Kier alpha value is -1.66. The maximum atomic E-state index is 11.9. The highest BCUT2D eigenvalue weighted by atomic mass is 35.5. The lowest BCUT2D eigenvalue weighted by Gasteiger charge is -2.14. The van der Waals surface area contributed by atoms with Gasteiger partial charge in [0.1, 0.15) is 17.9 Å². The standard InChI is InChI=1S/C13H19NO5.ClH/c1-4-18-13(15)9-7-11(16-2)12(17-3)8-10(9)19-6-5-14;/h7-8H,4-6,14H2,1-3H3;1H. The summed E-state index contributed by atoms with van der Waals surface area (Å²) in [4.78, 5) is 11.9. The second-order valence-electron chi connectivity index (χ2n) is 3.56. The van der Waals surface area contributed by atoms with Crippen molar-refractivity contribution in [2.75, 3.05) is 34.0 Å². The number of carbonyl (C=O) groups excluding carboxylic acids is 1. The van der Waals surface area contributed by atoms with E-state index in [1.165, 1.54) is 20.3 Å². The first-order chi connectivity index (χ1) is 9.17. The van der Waals surface area contributed by atoms with Crippen LogP contribution in [0.1, 0.15) is 17.3 Å². The van der Waals surface area contributed by atoms with Crippen LogP contribution in [0.5, 0.6) is 17.2 Å². The number of esters is 1. The molecule has 0 aliphatic rings. The average molecular weight is 306 g/mol. The molecular weight excluding hydrogens is 286 g/mol. The fourth-order valence-corrected chi connectivity index (χ4v) is 1.52. The Morgan fingerprint density at radius 1 is 1.15 bits per heavy atom. The van der Waals surface area contributed by atoms with E-state index in [-0.39, 0.29) is 24.6 Å². The highest BCUT2D eigenvalue weighted by molar-refractivity contribution is 5.93. The molecule has 0 atom stereocenters. The van der Waals surface area contributed by atoms with Crippen molar-refractivity contribution in [3.05, 3.63) is 17.7 Å². The second-order valence-corrected chi connectivity index (χ2v) is 3.56. The first-order valence-electron chi connectivity index (χ1n) is 5.93. The number of halogens is 1. The summed E-state index contributed by atoms with van der Waals surface area (Å²) < 4.78 is 20.7. The van der Waals surface area contributed by atoms with E-state index in [0.29, 0.717) is 30.4 Å². The molecule has 1 aromatic carbocycles. The van der Waals surface area contributed by atoms with Crippen molar-refractivity contribution in [3.8, 4) is 17.2 Å². The third-order valence-corrected chi connectivity index (χ3v) is 2.36. The van der Waals surface area contributed by atoms with Crippen molar-refractivity contribution < 1.29 is 23.7 Å². The molecule has 0 radical (unpaired) electrons. The van der Waals surface area contributed by atoms with E-state index in [2.05, 4.69) is 0 Å². The van der Waals surface area contributed by atoms with Crippen molar-refractivity contribution in [2.45, 2.75) is 6.92 Å². The Labute approximate surface area is 124 Å². The minimum Gasteiger partial charge on any atom is -0.493 e. The largest absolute Gasteiger partial charge is 0.493 e. The number of rotatable bonds is 7. The number of benzene rings is 1. The Kier molecular flexibility index (Phi) is 8.51. The van der Waals surface area contributed by atoms with Gasteiger partial charge in [0.2, 0.25) is 0 Å². The molecule has 7 heteroatoms. The molecule has 0 spiro atoms. The van der Waals surface area contributed by atoms with Crippen LogP contribution in [0, 0.1) is 0 Å². The first kappa shape index (κ1) is 18.3. The van der Waals surface area contributed by atoms with Gasteiger partial charge in [-0.15, -0.1) is 12.4 Å². The third kappa shape index (κ3) is 4.47. The average Bonchev–Trinajstić information content (AvgIpc) is 2.44. The van der Waals surface area contributed by atoms with Crippen LogP contribution < -0.4 is 19.9 Å². The summed E-state index contributed by atoms with van der Waals surface area (Å²) in [5.41, 5.74) is 5.68. The number of nitrogens with two attached hydrogens (primary N) is 1. The fraction of sp³-hybridized carbons (Fsp3) is 0.462. The lowest BCUT2D eigenvalue weighted by atomic mass is 10.1. The van der Waals surface area contributed by atoms with Gasteiger partial charge in [0.25, 0.3) is 0 Å². The Morgan fingerprint density at radius 3 is 2.25 bits per heavy atom. The summed E-state index contributed by atoms with van der Waals surface area (Å²) in [6, 6.07) is 3.11. The summed E-state index contributed by atoms with van der Waals surface area (Å²) in [7, 11) is 3.00. The van der Waals surface area contributed by atoms with Gasteiger partial charge < -0.3 is 24.7 Å². The zero-order valence-electron chi connectivity index (χ0n) is 11.8. The zero-order valence-corrected chi connectivity index (χ0v) is 12.6. The van der Waals surface area contributed by atoms with Gasteiger partial charge >= 0.3 is 5.97 Å². The molecular formula is C13H20ClNO5. The quantitative estimate of drug-likeness (QED) is 0.771. The minimum atomic E-state index is -0.476. The molecule has 0 aromatic heterocycles. The number of methoxy groups -OCH3 is 2. The van der Waals surface area contributed by atoms with Gasteiger partial charge in [-0.1, -0.05) is 0 Å². The van der Waals surface area contributed by atoms with Crippen LogP contribution in [0.25, 0.3) is 0 Å². The van der Waals surface area contributed by atoms with Gasteiger partial charge in [-0.25, -0.2) is 4.79 Å². The van der Waals surface area contributed by atoms with E-state index in [4.69, 9.17) is 24.7 Å². The first-order valence-corrected chi connectivity index (χ1v) is 5.93. The molecule has 114 valence electrons. The van der Waals surface area contributed by atoms with Gasteiger partial charge in [0.05, 0.1) is 20.8 Å². The summed E-state index contributed by atoms with van der Waals surface area (Å²) in [6.07, 6.45) is 0. The Bertz CT molecular complexity index is 439. The molecule has 2 N–H and O–H groups in total. The summed E-state index contributed by atoms with van der Waals surface area (Å²) in [5, 5.41) is 0. The molecule has 1 aromatic rings. The number of hydrogen-bond donors (Lipinski definition) is 1. The molecule has 0 unspecified atom stereocenters. The monoisotopic (exact) mass is 305 g/mol. The molecule has 0 bridgehead atoms. The molecule has 20 heavy (non-hydrogen) atoms. The van der Waals surface area contributed by atoms with Gasteiger partial charge in [-0.3, -0.25) is 0 Å². The van der Waals surface area contributed by atoms with Crippen molar-refractivity contribution in [3.63, 3.8) is 0 Å². The molecule has 0 amide bonds. The Morgan fingerprint density at radius 2 is 1.75 bits per heavy atom. The van der Waals surface area contributed by atoms with E-state index < -0.39 is 5.97 Å².